The molecule has 3 aromatic rings. The lowest BCUT2D eigenvalue weighted by Crippen LogP contribution is -2.02. The number of benzene rings is 1. The molecule has 0 saturated heterocycles. The Hall–Kier alpha value is -2.67. The van der Waals surface area contributed by atoms with Crippen molar-refractivity contribution in [1.82, 2.24) is 9.55 Å². The van der Waals surface area contributed by atoms with Gasteiger partial charge in [-0.15, -0.1) is 0 Å². The summed E-state index contributed by atoms with van der Waals surface area (Å²) in [4.78, 5) is 14.4. The molecule has 0 amide bonds. The van der Waals surface area contributed by atoms with E-state index < -0.39 is 0 Å². The van der Waals surface area contributed by atoms with Crippen LogP contribution in [0.1, 0.15) is 5.56 Å². The van der Waals surface area contributed by atoms with Crippen LogP contribution in [-0.2, 0) is 6.54 Å². The molecule has 0 aliphatic heterocycles. The summed E-state index contributed by atoms with van der Waals surface area (Å²) >= 11 is 1.14. The maximum absolute atomic E-state index is 10.7. The summed E-state index contributed by atoms with van der Waals surface area (Å²) in [5.41, 5.74) is 2.83. The molecule has 3 rings (SSSR count). The molecule has 1 N–H and O–H groups in total. The number of rotatable bonds is 5. The smallest absolute Gasteiger partial charge is 0.324 e. The Morgan fingerprint density at radius 1 is 1.38 bits per heavy atom. The van der Waals surface area contributed by atoms with Gasteiger partial charge in [-0.25, -0.2) is 4.98 Å². The average Bonchev–Trinajstić information content (AvgIpc) is 3.17. The van der Waals surface area contributed by atoms with Crippen LogP contribution in [0.3, 0.4) is 0 Å². The van der Waals surface area contributed by atoms with Crippen molar-refractivity contribution >= 4 is 22.0 Å². The number of anilines is 1. The van der Waals surface area contributed by atoms with E-state index in [1.807, 2.05) is 35.0 Å². The third kappa shape index (κ3) is 2.92. The molecule has 0 saturated carbocycles. The highest BCUT2D eigenvalue weighted by molar-refractivity contribution is 7.13. The number of hydrogen-bond acceptors (Lipinski definition) is 5. The zero-order valence-electron chi connectivity index (χ0n) is 11.0. The van der Waals surface area contributed by atoms with Gasteiger partial charge in [0.15, 0.2) is 0 Å². The first-order valence-corrected chi connectivity index (χ1v) is 7.15. The molecule has 0 radical (unpaired) electrons. The molecule has 0 bridgehead atoms. The van der Waals surface area contributed by atoms with Crippen molar-refractivity contribution in [2.75, 3.05) is 5.32 Å². The summed E-state index contributed by atoms with van der Waals surface area (Å²) in [6, 6.07) is 9.45. The number of nitrogens with zero attached hydrogens (tertiary/aromatic N) is 3. The van der Waals surface area contributed by atoms with E-state index in [2.05, 4.69) is 10.3 Å². The second-order valence-corrected chi connectivity index (χ2v) is 5.28. The van der Waals surface area contributed by atoms with Gasteiger partial charge < -0.3 is 9.88 Å². The topological polar surface area (TPSA) is 73.0 Å². The van der Waals surface area contributed by atoms with Gasteiger partial charge >= 0.3 is 5.00 Å². The molecule has 106 valence electrons. The zero-order valence-corrected chi connectivity index (χ0v) is 11.8. The minimum Gasteiger partial charge on any atom is -0.379 e. The van der Waals surface area contributed by atoms with Crippen molar-refractivity contribution in [2.24, 2.45) is 0 Å². The average molecular weight is 300 g/mol. The van der Waals surface area contributed by atoms with E-state index in [0.29, 0.717) is 6.54 Å². The van der Waals surface area contributed by atoms with Crippen LogP contribution in [0.5, 0.6) is 0 Å². The normalized spacial score (nSPS) is 10.5. The van der Waals surface area contributed by atoms with Crippen LogP contribution in [0.25, 0.3) is 5.69 Å². The van der Waals surface area contributed by atoms with Gasteiger partial charge in [-0.05, 0) is 17.7 Å². The van der Waals surface area contributed by atoms with Crippen molar-refractivity contribution in [3.63, 3.8) is 0 Å². The highest BCUT2D eigenvalue weighted by atomic mass is 32.1. The largest absolute Gasteiger partial charge is 0.379 e. The predicted molar refractivity (Wildman–Crippen MR) is 81.9 cm³/mol. The first-order valence-electron chi connectivity index (χ1n) is 6.27. The number of para-hydroxylation sites is 2. The summed E-state index contributed by atoms with van der Waals surface area (Å²) < 4.78 is 1.92. The quantitative estimate of drug-likeness (QED) is 0.578. The third-order valence-corrected chi connectivity index (χ3v) is 3.92. The molecule has 2 aromatic heterocycles. The Labute approximate surface area is 124 Å². The first kappa shape index (κ1) is 13.3. The number of imidazole rings is 1. The van der Waals surface area contributed by atoms with Crippen molar-refractivity contribution in [3.8, 4) is 5.69 Å². The SMILES string of the molecule is O=[N+]([O-])c1cc(CNc2ccccc2-n2ccnc2)cs1. The van der Waals surface area contributed by atoms with Crippen LogP contribution in [0.4, 0.5) is 10.7 Å². The lowest BCUT2D eigenvalue weighted by atomic mass is 10.2. The van der Waals surface area contributed by atoms with Gasteiger partial charge in [0.2, 0.25) is 0 Å². The van der Waals surface area contributed by atoms with Crippen LogP contribution >= 0.6 is 11.3 Å². The van der Waals surface area contributed by atoms with Crippen molar-refractivity contribution in [1.29, 1.82) is 0 Å². The van der Waals surface area contributed by atoms with E-state index in [1.54, 1.807) is 24.0 Å². The molecule has 0 aliphatic rings. The minimum absolute atomic E-state index is 0.162. The lowest BCUT2D eigenvalue weighted by Gasteiger charge is -2.11. The van der Waals surface area contributed by atoms with E-state index >= 15 is 0 Å². The van der Waals surface area contributed by atoms with Crippen LogP contribution in [0.15, 0.2) is 54.4 Å². The maximum atomic E-state index is 10.7. The van der Waals surface area contributed by atoms with Gasteiger partial charge in [0.1, 0.15) is 0 Å². The second-order valence-electron chi connectivity index (χ2n) is 4.39. The molecule has 21 heavy (non-hydrogen) atoms. The third-order valence-electron chi connectivity index (χ3n) is 2.99. The number of hydrogen-bond donors (Lipinski definition) is 1. The van der Waals surface area contributed by atoms with Crippen molar-refractivity contribution in [2.45, 2.75) is 6.54 Å². The molecule has 1 aromatic carbocycles. The highest BCUT2D eigenvalue weighted by Gasteiger charge is 2.10. The maximum Gasteiger partial charge on any atom is 0.324 e. The molecular formula is C14H12N4O2S. The number of nitrogens with one attached hydrogen (secondary N) is 1. The van der Waals surface area contributed by atoms with Gasteiger partial charge in [-0.3, -0.25) is 10.1 Å². The van der Waals surface area contributed by atoms with Crippen LogP contribution in [-0.4, -0.2) is 14.5 Å². The highest BCUT2D eigenvalue weighted by Crippen LogP contribution is 2.25. The van der Waals surface area contributed by atoms with Crippen LogP contribution < -0.4 is 5.32 Å². The van der Waals surface area contributed by atoms with Gasteiger partial charge in [-0.2, -0.15) is 0 Å². The van der Waals surface area contributed by atoms with E-state index in [4.69, 9.17) is 0 Å². The zero-order chi connectivity index (χ0) is 14.7. The molecule has 0 fully saturated rings. The minimum atomic E-state index is -0.367. The van der Waals surface area contributed by atoms with Gasteiger partial charge in [-0.1, -0.05) is 23.5 Å². The van der Waals surface area contributed by atoms with Gasteiger partial charge in [0.25, 0.3) is 0 Å². The molecule has 0 aliphatic carbocycles. The number of aromatic nitrogens is 2. The van der Waals surface area contributed by atoms with Crippen molar-refractivity contribution in [3.05, 3.63) is 70.1 Å². The predicted octanol–water partition coefficient (Wildman–Crippen LogP) is 3.45. The molecule has 0 unspecified atom stereocenters. The van der Waals surface area contributed by atoms with E-state index in [1.165, 1.54) is 0 Å². The summed E-state index contributed by atoms with van der Waals surface area (Å²) in [5.74, 6) is 0. The Bertz CT molecular complexity index is 752. The fraction of sp³-hybridized carbons (Fsp3) is 0.0714. The number of nitro groups is 1. The fourth-order valence-electron chi connectivity index (χ4n) is 2.00. The number of thiophene rings is 1. The Balaban J connectivity index is 1.77. The summed E-state index contributed by atoms with van der Waals surface area (Å²) in [5, 5.41) is 15.9. The van der Waals surface area contributed by atoms with Gasteiger partial charge in [0, 0.05) is 30.4 Å². The Morgan fingerprint density at radius 2 is 2.24 bits per heavy atom. The molecule has 6 nitrogen and oxygen atoms in total. The first-order chi connectivity index (χ1) is 10.2. The summed E-state index contributed by atoms with van der Waals surface area (Å²) in [6.45, 7) is 0.538. The van der Waals surface area contributed by atoms with Crippen LogP contribution in [0.2, 0.25) is 0 Å². The molecular weight excluding hydrogens is 288 g/mol. The van der Waals surface area contributed by atoms with E-state index in [0.717, 1.165) is 28.3 Å². The monoisotopic (exact) mass is 300 g/mol. The molecule has 7 heteroatoms. The van der Waals surface area contributed by atoms with E-state index in [9.17, 15) is 10.1 Å². The summed E-state index contributed by atoms with van der Waals surface area (Å²) in [7, 11) is 0. The summed E-state index contributed by atoms with van der Waals surface area (Å²) in [6.07, 6.45) is 5.32. The van der Waals surface area contributed by atoms with Crippen molar-refractivity contribution < 1.29 is 4.92 Å². The molecule has 0 spiro atoms. The lowest BCUT2D eigenvalue weighted by molar-refractivity contribution is -0.380. The van der Waals surface area contributed by atoms with Crippen LogP contribution in [0, 0.1) is 10.1 Å². The fourth-order valence-corrected chi connectivity index (χ4v) is 2.73. The second kappa shape index (κ2) is 5.76. The molecule has 2 heterocycles. The Kier molecular flexibility index (Phi) is 3.65. The molecule has 0 atom stereocenters. The standard InChI is InChI=1S/C14H12N4O2S/c19-18(20)14-7-11(9-21-14)8-16-12-3-1-2-4-13(12)17-6-5-15-10-17/h1-7,9-10,16H,8H2. The Morgan fingerprint density at radius 3 is 2.95 bits per heavy atom. The van der Waals surface area contributed by atoms with E-state index in [-0.39, 0.29) is 9.92 Å². The van der Waals surface area contributed by atoms with Gasteiger partial charge in [0.05, 0.1) is 22.6 Å².